The predicted octanol–water partition coefficient (Wildman–Crippen LogP) is 3.86. The number of carbonyl (C=O) groups is 2. The van der Waals surface area contributed by atoms with E-state index in [1.165, 1.54) is 0 Å². The molecule has 2 rings (SSSR count). The van der Waals surface area contributed by atoms with Crippen LogP contribution in [0.15, 0.2) is 48.5 Å². The third-order valence-electron chi connectivity index (χ3n) is 3.27. The van der Waals surface area contributed by atoms with Crippen LogP contribution >= 0.6 is 0 Å². The van der Waals surface area contributed by atoms with Crippen LogP contribution in [0.5, 0.6) is 0 Å². The van der Waals surface area contributed by atoms with Crippen LogP contribution in [0.4, 0.5) is 0 Å². The van der Waals surface area contributed by atoms with Crippen molar-refractivity contribution in [3.63, 3.8) is 0 Å². The highest BCUT2D eigenvalue weighted by atomic mass is 16.1. The Balaban J connectivity index is 2.27. The van der Waals surface area contributed by atoms with Crippen molar-refractivity contribution in [2.45, 2.75) is 19.8 Å². The SMILES string of the molecule is CC(=O)c1ccc(-c2ccc(C(C)C=O)cc2)cc1. The van der Waals surface area contributed by atoms with Gasteiger partial charge in [0.25, 0.3) is 0 Å². The van der Waals surface area contributed by atoms with Crippen LogP contribution in [0.1, 0.15) is 35.7 Å². The van der Waals surface area contributed by atoms with Crippen LogP contribution in [-0.2, 0) is 4.79 Å². The van der Waals surface area contributed by atoms with E-state index < -0.39 is 0 Å². The highest BCUT2D eigenvalue weighted by Gasteiger charge is 2.05. The average Bonchev–Trinajstić information content (AvgIpc) is 2.46. The van der Waals surface area contributed by atoms with E-state index in [4.69, 9.17) is 0 Å². The molecule has 0 aliphatic heterocycles. The van der Waals surface area contributed by atoms with Crippen LogP contribution in [0.3, 0.4) is 0 Å². The maximum absolute atomic E-state index is 11.2. The molecule has 0 aliphatic rings. The highest BCUT2D eigenvalue weighted by molar-refractivity contribution is 5.94. The van der Waals surface area contributed by atoms with E-state index in [2.05, 4.69) is 0 Å². The Morgan fingerprint density at radius 2 is 1.42 bits per heavy atom. The molecule has 0 heterocycles. The Kier molecular flexibility index (Phi) is 3.91. The Morgan fingerprint density at radius 1 is 0.947 bits per heavy atom. The molecule has 19 heavy (non-hydrogen) atoms. The third kappa shape index (κ3) is 2.97. The molecule has 0 saturated carbocycles. The maximum Gasteiger partial charge on any atom is 0.159 e. The van der Waals surface area contributed by atoms with Crippen molar-refractivity contribution in [1.29, 1.82) is 0 Å². The van der Waals surface area contributed by atoms with E-state index >= 15 is 0 Å². The van der Waals surface area contributed by atoms with Gasteiger partial charge in [0.05, 0.1) is 0 Å². The highest BCUT2D eigenvalue weighted by Crippen LogP contribution is 2.22. The lowest BCUT2D eigenvalue weighted by molar-refractivity contribution is -0.108. The normalized spacial score (nSPS) is 11.9. The number of hydrogen-bond acceptors (Lipinski definition) is 2. The van der Waals surface area contributed by atoms with E-state index in [0.29, 0.717) is 0 Å². The molecule has 2 aromatic rings. The number of Topliss-reactive ketones (excluding diaryl/α,β-unsaturated/α-hetero) is 1. The van der Waals surface area contributed by atoms with E-state index in [-0.39, 0.29) is 11.7 Å². The number of hydrogen-bond donors (Lipinski definition) is 0. The molecule has 1 atom stereocenters. The third-order valence-corrected chi connectivity index (χ3v) is 3.27. The van der Waals surface area contributed by atoms with Gasteiger partial charge in [-0.05, 0) is 23.6 Å². The quantitative estimate of drug-likeness (QED) is 0.611. The summed E-state index contributed by atoms with van der Waals surface area (Å²) in [6, 6.07) is 15.5. The van der Waals surface area contributed by atoms with E-state index in [1.807, 2.05) is 55.5 Å². The minimum Gasteiger partial charge on any atom is -0.303 e. The second kappa shape index (κ2) is 5.61. The van der Waals surface area contributed by atoms with Crippen molar-refractivity contribution in [3.05, 3.63) is 59.7 Å². The van der Waals surface area contributed by atoms with Crippen molar-refractivity contribution in [1.82, 2.24) is 0 Å². The van der Waals surface area contributed by atoms with Crippen molar-refractivity contribution in [2.24, 2.45) is 0 Å². The van der Waals surface area contributed by atoms with Gasteiger partial charge in [0, 0.05) is 11.5 Å². The lowest BCUT2D eigenvalue weighted by Crippen LogP contribution is -1.94. The first-order valence-electron chi connectivity index (χ1n) is 6.28. The zero-order chi connectivity index (χ0) is 13.8. The molecule has 96 valence electrons. The second-order valence-corrected chi connectivity index (χ2v) is 4.68. The van der Waals surface area contributed by atoms with E-state index in [0.717, 1.165) is 28.5 Å². The summed E-state index contributed by atoms with van der Waals surface area (Å²) in [5.74, 6) is -0.00385. The first kappa shape index (κ1) is 13.2. The average molecular weight is 252 g/mol. The Hall–Kier alpha value is -2.22. The number of benzene rings is 2. The van der Waals surface area contributed by atoms with Gasteiger partial charge in [-0.3, -0.25) is 4.79 Å². The standard InChI is InChI=1S/C17H16O2/c1-12(11-18)14-3-7-16(8-4-14)17-9-5-15(6-10-17)13(2)19/h3-12H,1-2H3. The van der Waals surface area contributed by atoms with Crippen LogP contribution in [0.25, 0.3) is 11.1 Å². The summed E-state index contributed by atoms with van der Waals surface area (Å²) in [5.41, 5.74) is 3.88. The largest absolute Gasteiger partial charge is 0.303 e. The van der Waals surface area contributed by atoms with Crippen LogP contribution < -0.4 is 0 Å². The van der Waals surface area contributed by atoms with Crippen LogP contribution in [-0.4, -0.2) is 12.1 Å². The number of carbonyl (C=O) groups excluding carboxylic acids is 2. The summed E-state index contributed by atoms with van der Waals surface area (Å²) < 4.78 is 0. The molecule has 0 aliphatic carbocycles. The number of aldehydes is 1. The Morgan fingerprint density at radius 3 is 1.84 bits per heavy atom. The maximum atomic E-state index is 11.2. The van der Waals surface area contributed by atoms with Gasteiger partial charge in [-0.15, -0.1) is 0 Å². The molecule has 0 N–H and O–H groups in total. The van der Waals surface area contributed by atoms with E-state index in [1.54, 1.807) is 6.92 Å². The summed E-state index contributed by atoms with van der Waals surface area (Å²) in [5, 5.41) is 0. The molecule has 0 amide bonds. The molecule has 0 fully saturated rings. The minimum atomic E-state index is -0.0749. The summed E-state index contributed by atoms with van der Waals surface area (Å²) in [6.45, 7) is 3.44. The zero-order valence-corrected chi connectivity index (χ0v) is 11.1. The Bertz CT molecular complexity index is 580. The molecule has 2 aromatic carbocycles. The fraction of sp³-hybridized carbons (Fsp3) is 0.176. The molecule has 0 bridgehead atoms. The Labute approximate surface area is 113 Å². The first-order valence-corrected chi connectivity index (χ1v) is 6.28. The molecular formula is C17H16O2. The molecule has 1 unspecified atom stereocenters. The topological polar surface area (TPSA) is 34.1 Å². The molecule has 0 radical (unpaired) electrons. The van der Waals surface area contributed by atoms with Gasteiger partial charge >= 0.3 is 0 Å². The predicted molar refractivity (Wildman–Crippen MR) is 76.4 cm³/mol. The molecule has 0 aromatic heterocycles. The monoisotopic (exact) mass is 252 g/mol. The number of ketones is 1. The van der Waals surface area contributed by atoms with Crippen molar-refractivity contribution < 1.29 is 9.59 Å². The molecule has 0 spiro atoms. The first-order chi connectivity index (χ1) is 9.11. The summed E-state index contributed by atoms with van der Waals surface area (Å²) in [4.78, 5) is 21.9. The second-order valence-electron chi connectivity index (χ2n) is 4.68. The van der Waals surface area contributed by atoms with Gasteiger partial charge in [-0.25, -0.2) is 0 Å². The van der Waals surface area contributed by atoms with Gasteiger partial charge in [-0.1, -0.05) is 55.5 Å². The van der Waals surface area contributed by atoms with Gasteiger partial charge in [0.1, 0.15) is 6.29 Å². The van der Waals surface area contributed by atoms with Gasteiger partial charge in [0.15, 0.2) is 5.78 Å². The summed E-state index contributed by atoms with van der Waals surface area (Å²) in [7, 11) is 0. The summed E-state index contributed by atoms with van der Waals surface area (Å²) >= 11 is 0. The van der Waals surface area contributed by atoms with Gasteiger partial charge in [-0.2, -0.15) is 0 Å². The van der Waals surface area contributed by atoms with Crippen molar-refractivity contribution >= 4 is 12.1 Å². The van der Waals surface area contributed by atoms with Gasteiger partial charge in [0.2, 0.25) is 0 Å². The molecule has 2 nitrogen and oxygen atoms in total. The lowest BCUT2D eigenvalue weighted by Gasteiger charge is -2.07. The van der Waals surface area contributed by atoms with E-state index in [9.17, 15) is 9.59 Å². The molecule has 0 saturated heterocycles. The van der Waals surface area contributed by atoms with Crippen molar-refractivity contribution in [2.75, 3.05) is 0 Å². The fourth-order valence-corrected chi connectivity index (χ4v) is 1.96. The van der Waals surface area contributed by atoms with Crippen LogP contribution in [0, 0.1) is 0 Å². The molecular weight excluding hydrogens is 236 g/mol. The van der Waals surface area contributed by atoms with Gasteiger partial charge < -0.3 is 4.79 Å². The number of rotatable bonds is 4. The zero-order valence-electron chi connectivity index (χ0n) is 11.1. The van der Waals surface area contributed by atoms with Crippen molar-refractivity contribution in [3.8, 4) is 11.1 Å². The van der Waals surface area contributed by atoms with Crippen LogP contribution in [0.2, 0.25) is 0 Å². The minimum absolute atomic E-state index is 0.0710. The lowest BCUT2D eigenvalue weighted by atomic mass is 9.98. The molecule has 2 heteroatoms. The fourth-order valence-electron chi connectivity index (χ4n) is 1.96. The smallest absolute Gasteiger partial charge is 0.159 e. The summed E-state index contributed by atoms with van der Waals surface area (Å²) in [6.07, 6.45) is 0.941.